The highest BCUT2D eigenvalue weighted by Gasteiger charge is 2.03. The van der Waals surface area contributed by atoms with E-state index in [1.54, 1.807) is 0 Å². The molecule has 0 bridgehead atoms. The first-order valence-corrected chi connectivity index (χ1v) is 6.32. The van der Waals surface area contributed by atoms with Crippen molar-refractivity contribution in [1.29, 1.82) is 0 Å². The van der Waals surface area contributed by atoms with Gasteiger partial charge in [-0.05, 0) is 30.4 Å². The molecule has 2 rings (SSSR count). The normalized spacial score (nSPS) is 10.3. The molecule has 0 radical (unpaired) electrons. The van der Waals surface area contributed by atoms with E-state index in [4.69, 9.17) is 23.8 Å². The van der Waals surface area contributed by atoms with Crippen LogP contribution in [0.15, 0.2) is 22.7 Å². The minimum atomic E-state index is 0.630. The Morgan fingerprint density at radius 1 is 1.53 bits per heavy atom. The Morgan fingerprint density at radius 2 is 2.33 bits per heavy atom. The third-order valence-electron chi connectivity index (χ3n) is 1.61. The molecule has 15 heavy (non-hydrogen) atoms. The molecule has 0 atom stereocenters. The van der Waals surface area contributed by atoms with Crippen molar-refractivity contribution in [2.24, 2.45) is 0 Å². The van der Waals surface area contributed by atoms with Gasteiger partial charge in [-0.2, -0.15) is 0 Å². The number of anilines is 2. The highest BCUT2D eigenvalue weighted by Crippen LogP contribution is 2.28. The summed E-state index contributed by atoms with van der Waals surface area (Å²) in [4.78, 5) is 0. The molecule has 2 N–H and O–H groups in total. The molecule has 78 valence electrons. The van der Waals surface area contributed by atoms with E-state index >= 15 is 0 Å². The van der Waals surface area contributed by atoms with E-state index in [-0.39, 0.29) is 0 Å². The lowest BCUT2D eigenvalue weighted by Crippen LogP contribution is -1.90. The first-order chi connectivity index (χ1) is 7.15. The number of benzene rings is 1. The van der Waals surface area contributed by atoms with Gasteiger partial charge in [0.1, 0.15) is 0 Å². The Balaban J connectivity index is 2.28. The Bertz CT molecular complexity index is 537. The van der Waals surface area contributed by atoms with E-state index in [1.807, 2.05) is 18.2 Å². The van der Waals surface area contributed by atoms with Gasteiger partial charge < -0.3 is 5.32 Å². The van der Waals surface area contributed by atoms with Crippen LogP contribution in [0.2, 0.25) is 5.02 Å². The van der Waals surface area contributed by atoms with Crippen molar-refractivity contribution >= 4 is 61.9 Å². The summed E-state index contributed by atoms with van der Waals surface area (Å²) in [5, 5.41) is 11.1. The van der Waals surface area contributed by atoms with Gasteiger partial charge in [-0.1, -0.05) is 38.9 Å². The number of aromatic amines is 1. The standard InChI is InChI=1S/C8H5BrClN3S2/c9-4-1-2-6(5(10)3-4)11-7-12-13-8(14)15-7/h1-3H,(H,11,12)(H,13,14). The molecule has 3 nitrogen and oxygen atoms in total. The van der Waals surface area contributed by atoms with Gasteiger partial charge in [0.25, 0.3) is 0 Å². The number of nitrogens with zero attached hydrogens (tertiary/aromatic N) is 1. The zero-order valence-corrected chi connectivity index (χ0v) is 11.2. The minimum absolute atomic E-state index is 0.630. The second-order valence-electron chi connectivity index (χ2n) is 2.67. The molecule has 7 heteroatoms. The summed E-state index contributed by atoms with van der Waals surface area (Å²) < 4.78 is 1.57. The predicted octanol–water partition coefficient (Wildman–Crippen LogP) is 4.36. The van der Waals surface area contributed by atoms with Gasteiger partial charge in [0.05, 0.1) is 10.7 Å². The van der Waals surface area contributed by atoms with Gasteiger partial charge in [-0.3, -0.25) is 5.10 Å². The van der Waals surface area contributed by atoms with E-state index in [0.29, 0.717) is 14.1 Å². The summed E-state index contributed by atoms with van der Waals surface area (Å²) in [6.45, 7) is 0. The summed E-state index contributed by atoms with van der Waals surface area (Å²) >= 11 is 15.7. The molecule has 0 spiro atoms. The van der Waals surface area contributed by atoms with E-state index in [1.165, 1.54) is 11.3 Å². The Hall–Kier alpha value is -0.430. The SMILES string of the molecule is S=c1[nH]nc(Nc2ccc(Br)cc2Cl)s1. The van der Waals surface area contributed by atoms with Crippen LogP contribution in [0.5, 0.6) is 0 Å². The highest BCUT2D eigenvalue weighted by atomic mass is 79.9. The zero-order valence-electron chi connectivity index (χ0n) is 7.25. The lowest BCUT2D eigenvalue weighted by molar-refractivity contribution is 1.08. The van der Waals surface area contributed by atoms with Crippen molar-refractivity contribution in [3.05, 3.63) is 31.6 Å². The fraction of sp³-hybridized carbons (Fsp3) is 0. The maximum Gasteiger partial charge on any atom is 0.208 e. The van der Waals surface area contributed by atoms with Crippen molar-refractivity contribution in [2.75, 3.05) is 5.32 Å². The van der Waals surface area contributed by atoms with Gasteiger partial charge >= 0.3 is 0 Å². The van der Waals surface area contributed by atoms with Crippen LogP contribution in [0, 0.1) is 3.95 Å². The van der Waals surface area contributed by atoms with Crippen LogP contribution >= 0.6 is 51.1 Å². The van der Waals surface area contributed by atoms with Crippen LogP contribution in [-0.2, 0) is 0 Å². The molecule has 0 fully saturated rings. The molecule has 0 amide bonds. The summed E-state index contributed by atoms with van der Waals surface area (Å²) in [5.74, 6) is 0. The average Bonchev–Trinajstić information content (AvgIpc) is 2.56. The minimum Gasteiger partial charge on any atom is -0.329 e. The first kappa shape index (κ1) is 11.1. The molecular weight excluding hydrogens is 318 g/mol. The summed E-state index contributed by atoms with van der Waals surface area (Å²) in [7, 11) is 0. The Labute approximate surface area is 109 Å². The van der Waals surface area contributed by atoms with Gasteiger partial charge in [-0.25, -0.2) is 0 Å². The fourth-order valence-corrected chi connectivity index (χ4v) is 2.51. The van der Waals surface area contributed by atoms with Crippen LogP contribution in [0.25, 0.3) is 0 Å². The zero-order chi connectivity index (χ0) is 10.8. The number of halogens is 2. The van der Waals surface area contributed by atoms with Crippen LogP contribution in [0.1, 0.15) is 0 Å². The topological polar surface area (TPSA) is 40.7 Å². The van der Waals surface area contributed by atoms with Crippen LogP contribution in [-0.4, -0.2) is 10.2 Å². The van der Waals surface area contributed by atoms with Crippen molar-refractivity contribution < 1.29 is 0 Å². The monoisotopic (exact) mass is 321 g/mol. The number of nitrogens with one attached hydrogen (secondary N) is 2. The predicted molar refractivity (Wildman–Crippen MR) is 69.7 cm³/mol. The second kappa shape index (κ2) is 4.61. The van der Waals surface area contributed by atoms with Gasteiger partial charge in [0.15, 0.2) is 3.95 Å². The number of hydrogen-bond acceptors (Lipinski definition) is 4. The van der Waals surface area contributed by atoms with Crippen LogP contribution in [0.3, 0.4) is 0 Å². The molecule has 0 saturated heterocycles. The molecule has 1 heterocycles. The molecule has 1 aromatic carbocycles. The molecule has 0 aliphatic carbocycles. The fourth-order valence-electron chi connectivity index (χ4n) is 0.989. The van der Waals surface area contributed by atoms with E-state index < -0.39 is 0 Å². The number of hydrogen-bond donors (Lipinski definition) is 2. The highest BCUT2D eigenvalue weighted by molar-refractivity contribution is 9.10. The molecule has 0 aliphatic rings. The lowest BCUT2D eigenvalue weighted by atomic mass is 10.3. The molecular formula is C8H5BrClN3S2. The third-order valence-corrected chi connectivity index (χ3v) is 3.42. The van der Waals surface area contributed by atoms with Gasteiger partial charge in [0.2, 0.25) is 5.13 Å². The van der Waals surface area contributed by atoms with E-state index in [9.17, 15) is 0 Å². The van der Waals surface area contributed by atoms with Crippen molar-refractivity contribution in [1.82, 2.24) is 10.2 Å². The molecule has 2 aromatic rings. The van der Waals surface area contributed by atoms with Crippen LogP contribution < -0.4 is 5.32 Å². The third kappa shape index (κ3) is 2.78. The van der Waals surface area contributed by atoms with Crippen molar-refractivity contribution in [3.8, 4) is 0 Å². The van der Waals surface area contributed by atoms with Gasteiger partial charge in [-0.15, -0.1) is 5.10 Å². The quantitative estimate of drug-likeness (QED) is 0.807. The number of rotatable bonds is 2. The summed E-state index contributed by atoms with van der Waals surface area (Å²) in [5.41, 5.74) is 0.803. The Morgan fingerprint density at radius 3 is 2.93 bits per heavy atom. The van der Waals surface area contributed by atoms with E-state index in [2.05, 4.69) is 31.4 Å². The molecule has 1 aromatic heterocycles. The van der Waals surface area contributed by atoms with Crippen molar-refractivity contribution in [2.45, 2.75) is 0 Å². The lowest BCUT2D eigenvalue weighted by Gasteiger charge is -2.04. The Kier molecular flexibility index (Phi) is 3.40. The molecule has 0 aliphatic heterocycles. The van der Waals surface area contributed by atoms with Crippen molar-refractivity contribution in [3.63, 3.8) is 0 Å². The summed E-state index contributed by atoms with van der Waals surface area (Å²) in [6, 6.07) is 5.59. The number of aromatic nitrogens is 2. The summed E-state index contributed by atoms with van der Waals surface area (Å²) in [6.07, 6.45) is 0. The largest absolute Gasteiger partial charge is 0.329 e. The number of H-pyrrole nitrogens is 1. The van der Waals surface area contributed by atoms with E-state index in [0.717, 1.165) is 10.2 Å². The molecule has 0 saturated carbocycles. The first-order valence-electron chi connectivity index (χ1n) is 3.93. The smallest absolute Gasteiger partial charge is 0.208 e. The maximum atomic E-state index is 6.03. The molecule has 0 unspecified atom stereocenters. The second-order valence-corrected chi connectivity index (χ2v) is 5.66. The van der Waals surface area contributed by atoms with Crippen LogP contribution in [0.4, 0.5) is 10.8 Å². The average molecular weight is 323 g/mol. The maximum absolute atomic E-state index is 6.03. The van der Waals surface area contributed by atoms with Gasteiger partial charge in [0, 0.05) is 4.47 Å².